The first-order chi connectivity index (χ1) is 9.74. The standard InChI is InChI=1S/C15H29N3O2/c1-3-16-14(15(19)20-4-2)7-9-17-10-11-18-8-5-6-13(18)12-17/h13-14,16H,3-12H2,1-2H3. The fourth-order valence-electron chi connectivity index (χ4n) is 3.36. The third kappa shape index (κ3) is 4.17. The van der Waals surface area contributed by atoms with Gasteiger partial charge in [-0.25, -0.2) is 0 Å². The van der Waals surface area contributed by atoms with Gasteiger partial charge >= 0.3 is 5.97 Å². The molecule has 1 N–H and O–H groups in total. The van der Waals surface area contributed by atoms with Gasteiger partial charge in [0.15, 0.2) is 0 Å². The van der Waals surface area contributed by atoms with Crippen LogP contribution < -0.4 is 5.32 Å². The molecular weight excluding hydrogens is 254 g/mol. The van der Waals surface area contributed by atoms with Gasteiger partial charge in [-0.15, -0.1) is 0 Å². The molecule has 0 aromatic carbocycles. The molecule has 0 aliphatic carbocycles. The number of rotatable bonds is 7. The average Bonchev–Trinajstić information content (AvgIpc) is 2.91. The van der Waals surface area contributed by atoms with Crippen LogP contribution >= 0.6 is 0 Å². The number of carbonyl (C=O) groups is 1. The van der Waals surface area contributed by atoms with Crippen molar-refractivity contribution in [3.8, 4) is 0 Å². The first kappa shape index (κ1) is 15.7. The monoisotopic (exact) mass is 283 g/mol. The van der Waals surface area contributed by atoms with Crippen LogP contribution in [0.1, 0.15) is 33.1 Å². The summed E-state index contributed by atoms with van der Waals surface area (Å²) in [6.07, 6.45) is 3.53. The molecule has 2 saturated heterocycles. The summed E-state index contributed by atoms with van der Waals surface area (Å²) in [7, 11) is 0. The lowest BCUT2D eigenvalue weighted by Gasteiger charge is -2.37. The van der Waals surface area contributed by atoms with Gasteiger partial charge in [0.25, 0.3) is 0 Å². The number of ether oxygens (including phenoxy) is 1. The predicted octanol–water partition coefficient (Wildman–Crippen LogP) is 0.698. The quantitative estimate of drug-likeness (QED) is 0.697. The summed E-state index contributed by atoms with van der Waals surface area (Å²) in [5.41, 5.74) is 0. The summed E-state index contributed by atoms with van der Waals surface area (Å²) in [4.78, 5) is 17.0. The van der Waals surface area contributed by atoms with E-state index in [-0.39, 0.29) is 12.0 Å². The van der Waals surface area contributed by atoms with Gasteiger partial charge in [-0.05, 0) is 39.3 Å². The Labute approximate surface area is 122 Å². The lowest BCUT2D eigenvalue weighted by molar-refractivity contribution is -0.145. The number of piperazine rings is 1. The van der Waals surface area contributed by atoms with Crippen molar-refractivity contribution in [2.45, 2.75) is 45.2 Å². The van der Waals surface area contributed by atoms with Crippen LogP contribution in [0.2, 0.25) is 0 Å². The number of carbonyl (C=O) groups excluding carboxylic acids is 1. The number of nitrogens with zero attached hydrogens (tertiary/aromatic N) is 2. The number of hydrogen-bond acceptors (Lipinski definition) is 5. The normalized spacial score (nSPS) is 25.4. The van der Waals surface area contributed by atoms with Crippen LogP contribution in [0.15, 0.2) is 0 Å². The lowest BCUT2D eigenvalue weighted by Crippen LogP contribution is -2.51. The van der Waals surface area contributed by atoms with Crippen LogP contribution in [0.5, 0.6) is 0 Å². The van der Waals surface area contributed by atoms with Crippen molar-refractivity contribution in [3.63, 3.8) is 0 Å². The van der Waals surface area contributed by atoms with Crippen molar-refractivity contribution in [2.24, 2.45) is 0 Å². The topological polar surface area (TPSA) is 44.8 Å². The van der Waals surface area contributed by atoms with Gasteiger partial charge < -0.3 is 15.0 Å². The molecule has 0 saturated carbocycles. The Hall–Kier alpha value is -0.650. The van der Waals surface area contributed by atoms with E-state index in [0.29, 0.717) is 6.61 Å². The van der Waals surface area contributed by atoms with Crippen LogP contribution in [-0.2, 0) is 9.53 Å². The highest BCUT2D eigenvalue weighted by molar-refractivity contribution is 5.75. The molecule has 2 unspecified atom stereocenters. The van der Waals surface area contributed by atoms with Crippen molar-refractivity contribution in [3.05, 3.63) is 0 Å². The molecule has 2 rings (SSSR count). The van der Waals surface area contributed by atoms with Crippen molar-refractivity contribution < 1.29 is 9.53 Å². The SMILES string of the molecule is CCNC(CCN1CCN2CCCC2C1)C(=O)OCC. The smallest absolute Gasteiger partial charge is 0.323 e. The van der Waals surface area contributed by atoms with Gasteiger partial charge in [0.2, 0.25) is 0 Å². The number of hydrogen-bond donors (Lipinski definition) is 1. The highest BCUT2D eigenvalue weighted by atomic mass is 16.5. The fourth-order valence-corrected chi connectivity index (χ4v) is 3.36. The van der Waals surface area contributed by atoms with Crippen LogP contribution in [0.3, 0.4) is 0 Å². The second-order valence-corrected chi connectivity index (χ2v) is 5.78. The van der Waals surface area contributed by atoms with E-state index in [9.17, 15) is 4.79 Å². The number of fused-ring (bicyclic) bond motifs is 1. The van der Waals surface area contributed by atoms with Crippen molar-refractivity contribution in [2.75, 3.05) is 45.9 Å². The first-order valence-corrected chi connectivity index (χ1v) is 8.11. The highest BCUT2D eigenvalue weighted by Gasteiger charge is 2.30. The van der Waals surface area contributed by atoms with Gasteiger partial charge in [0.05, 0.1) is 6.61 Å². The van der Waals surface area contributed by atoms with Gasteiger partial charge in [0, 0.05) is 32.2 Å². The number of nitrogens with one attached hydrogen (secondary N) is 1. The maximum atomic E-state index is 11.9. The molecule has 0 bridgehead atoms. The van der Waals surface area contributed by atoms with Crippen molar-refractivity contribution >= 4 is 5.97 Å². The maximum Gasteiger partial charge on any atom is 0.323 e. The van der Waals surface area contributed by atoms with Gasteiger partial charge in [-0.2, -0.15) is 0 Å². The molecule has 2 aliphatic heterocycles. The molecule has 0 radical (unpaired) electrons. The third-order valence-corrected chi connectivity index (χ3v) is 4.43. The second kappa shape index (κ2) is 7.96. The maximum absolute atomic E-state index is 11.9. The van der Waals surface area contributed by atoms with Crippen LogP contribution in [0, 0.1) is 0 Å². The van der Waals surface area contributed by atoms with Gasteiger partial charge in [0.1, 0.15) is 6.04 Å². The molecule has 0 spiro atoms. The number of esters is 1. The minimum absolute atomic E-state index is 0.103. The lowest BCUT2D eigenvalue weighted by atomic mass is 10.1. The van der Waals surface area contributed by atoms with Crippen LogP contribution in [0.25, 0.3) is 0 Å². The zero-order valence-electron chi connectivity index (χ0n) is 12.9. The average molecular weight is 283 g/mol. The second-order valence-electron chi connectivity index (χ2n) is 5.78. The molecule has 2 aliphatic rings. The molecule has 0 aromatic rings. The minimum atomic E-state index is -0.151. The summed E-state index contributed by atoms with van der Waals surface area (Å²) in [5.74, 6) is -0.103. The largest absolute Gasteiger partial charge is 0.465 e. The van der Waals surface area contributed by atoms with E-state index in [1.807, 2.05) is 13.8 Å². The van der Waals surface area contributed by atoms with Crippen LogP contribution in [0.4, 0.5) is 0 Å². The highest BCUT2D eigenvalue weighted by Crippen LogP contribution is 2.21. The fraction of sp³-hybridized carbons (Fsp3) is 0.933. The van der Waals surface area contributed by atoms with E-state index in [1.54, 1.807) is 0 Å². The van der Waals surface area contributed by atoms with E-state index >= 15 is 0 Å². The predicted molar refractivity (Wildman–Crippen MR) is 79.7 cm³/mol. The molecule has 116 valence electrons. The molecule has 2 heterocycles. The molecule has 2 atom stereocenters. The Bertz CT molecular complexity index is 311. The molecule has 2 fully saturated rings. The summed E-state index contributed by atoms with van der Waals surface area (Å²) in [6, 6.07) is 0.602. The zero-order chi connectivity index (χ0) is 14.4. The molecular formula is C15H29N3O2. The minimum Gasteiger partial charge on any atom is -0.465 e. The summed E-state index contributed by atoms with van der Waals surface area (Å²) < 4.78 is 5.14. The van der Waals surface area contributed by atoms with E-state index in [4.69, 9.17) is 4.74 Å². The third-order valence-electron chi connectivity index (χ3n) is 4.43. The Morgan fingerprint density at radius 1 is 1.35 bits per heavy atom. The van der Waals surface area contributed by atoms with Gasteiger partial charge in [-0.1, -0.05) is 6.92 Å². The Balaban J connectivity index is 1.75. The zero-order valence-corrected chi connectivity index (χ0v) is 12.9. The first-order valence-electron chi connectivity index (χ1n) is 8.11. The number of likely N-dealkylation sites (N-methyl/N-ethyl adjacent to an activating group) is 1. The molecule has 0 aromatic heterocycles. The summed E-state index contributed by atoms with van der Waals surface area (Å²) in [6.45, 7) is 10.9. The Morgan fingerprint density at radius 2 is 2.20 bits per heavy atom. The molecule has 20 heavy (non-hydrogen) atoms. The molecule has 5 heteroatoms. The van der Waals surface area contributed by atoms with Crippen molar-refractivity contribution in [1.29, 1.82) is 0 Å². The van der Waals surface area contributed by atoms with E-state index in [1.165, 1.54) is 32.5 Å². The Kier molecular flexibility index (Phi) is 6.26. The summed E-state index contributed by atoms with van der Waals surface area (Å²) in [5, 5.41) is 3.24. The van der Waals surface area contributed by atoms with E-state index in [2.05, 4.69) is 15.1 Å². The Morgan fingerprint density at radius 3 is 2.95 bits per heavy atom. The van der Waals surface area contributed by atoms with Crippen LogP contribution in [-0.4, -0.2) is 73.7 Å². The van der Waals surface area contributed by atoms with Gasteiger partial charge in [-0.3, -0.25) is 9.69 Å². The van der Waals surface area contributed by atoms with Crippen molar-refractivity contribution in [1.82, 2.24) is 15.1 Å². The molecule has 0 amide bonds. The van der Waals surface area contributed by atoms with E-state index < -0.39 is 0 Å². The van der Waals surface area contributed by atoms with E-state index in [0.717, 1.165) is 32.1 Å². The summed E-state index contributed by atoms with van der Waals surface area (Å²) >= 11 is 0. The molecule has 5 nitrogen and oxygen atoms in total.